The summed E-state index contributed by atoms with van der Waals surface area (Å²) in [5, 5.41) is 6.18. The first-order valence-electron chi connectivity index (χ1n) is 6.66. The van der Waals surface area contributed by atoms with Crippen molar-refractivity contribution in [2.45, 2.75) is 12.8 Å². The molecular formula is C15H19FN2O. The van der Waals surface area contributed by atoms with Gasteiger partial charge in [-0.3, -0.25) is 4.79 Å². The lowest BCUT2D eigenvalue weighted by Gasteiger charge is -2.22. The second kappa shape index (κ2) is 7.04. The Morgan fingerprint density at radius 2 is 2.21 bits per heavy atom. The predicted octanol–water partition coefficient (Wildman–Crippen LogP) is 1.95. The van der Waals surface area contributed by atoms with Crippen LogP contribution in [0.25, 0.3) is 6.08 Å². The highest BCUT2D eigenvalue weighted by atomic mass is 19.1. The van der Waals surface area contributed by atoms with Crippen LogP contribution >= 0.6 is 0 Å². The molecule has 0 atom stereocenters. The molecule has 0 unspecified atom stereocenters. The van der Waals surface area contributed by atoms with Crippen molar-refractivity contribution >= 4 is 12.0 Å². The molecule has 1 aliphatic rings. The molecule has 4 heteroatoms. The third-order valence-corrected chi connectivity index (χ3v) is 3.30. The third kappa shape index (κ3) is 4.83. The lowest BCUT2D eigenvalue weighted by molar-refractivity contribution is -0.116. The molecule has 0 radical (unpaired) electrons. The van der Waals surface area contributed by atoms with Crippen molar-refractivity contribution in [2.75, 3.05) is 19.6 Å². The zero-order valence-electron chi connectivity index (χ0n) is 10.9. The highest BCUT2D eigenvalue weighted by molar-refractivity contribution is 5.91. The molecule has 102 valence electrons. The van der Waals surface area contributed by atoms with E-state index in [1.807, 2.05) is 0 Å². The van der Waals surface area contributed by atoms with E-state index in [1.54, 1.807) is 18.2 Å². The minimum atomic E-state index is -0.294. The van der Waals surface area contributed by atoms with Crippen molar-refractivity contribution in [3.63, 3.8) is 0 Å². The molecule has 2 N–H and O–H groups in total. The van der Waals surface area contributed by atoms with Crippen LogP contribution in [0.1, 0.15) is 18.4 Å². The number of benzene rings is 1. The molecule has 1 amide bonds. The number of amides is 1. The van der Waals surface area contributed by atoms with E-state index in [1.165, 1.54) is 18.2 Å². The van der Waals surface area contributed by atoms with Gasteiger partial charge in [-0.1, -0.05) is 12.1 Å². The third-order valence-electron chi connectivity index (χ3n) is 3.30. The second-order valence-corrected chi connectivity index (χ2v) is 4.83. The molecule has 1 aliphatic heterocycles. The molecule has 1 saturated heterocycles. The van der Waals surface area contributed by atoms with Gasteiger partial charge in [0.2, 0.25) is 5.91 Å². The van der Waals surface area contributed by atoms with Crippen LogP contribution in [-0.4, -0.2) is 25.5 Å². The molecule has 1 aromatic rings. The van der Waals surface area contributed by atoms with E-state index >= 15 is 0 Å². The number of piperidine rings is 1. The fraction of sp³-hybridized carbons (Fsp3) is 0.400. The van der Waals surface area contributed by atoms with Gasteiger partial charge in [0.1, 0.15) is 5.82 Å². The number of carbonyl (C=O) groups is 1. The predicted molar refractivity (Wildman–Crippen MR) is 74.0 cm³/mol. The first kappa shape index (κ1) is 13.7. The average Bonchev–Trinajstić information content (AvgIpc) is 2.44. The maximum Gasteiger partial charge on any atom is 0.244 e. The van der Waals surface area contributed by atoms with Crippen LogP contribution in [0.15, 0.2) is 30.3 Å². The molecule has 19 heavy (non-hydrogen) atoms. The van der Waals surface area contributed by atoms with Gasteiger partial charge < -0.3 is 10.6 Å². The lowest BCUT2D eigenvalue weighted by Crippen LogP contribution is -2.35. The Kier molecular flexibility index (Phi) is 5.10. The van der Waals surface area contributed by atoms with Gasteiger partial charge in [0.25, 0.3) is 0 Å². The zero-order chi connectivity index (χ0) is 13.5. The monoisotopic (exact) mass is 262 g/mol. The summed E-state index contributed by atoms with van der Waals surface area (Å²) in [7, 11) is 0. The van der Waals surface area contributed by atoms with Crippen LogP contribution in [0.5, 0.6) is 0 Å². The summed E-state index contributed by atoms with van der Waals surface area (Å²) in [5.74, 6) is 0.146. The van der Waals surface area contributed by atoms with E-state index in [9.17, 15) is 9.18 Å². The van der Waals surface area contributed by atoms with Gasteiger partial charge in [0.15, 0.2) is 0 Å². The topological polar surface area (TPSA) is 41.1 Å². The SMILES string of the molecule is O=C(/C=C/c1cccc(F)c1)NCC1CCNCC1. The molecule has 1 heterocycles. The number of halogens is 1. The first-order valence-corrected chi connectivity index (χ1v) is 6.66. The maximum atomic E-state index is 12.9. The normalized spacial score (nSPS) is 16.7. The lowest BCUT2D eigenvalue weighted by atomic mass is 9.98. The Bertz CT molecular complexity index is 453. The van der Waals surface area contributed by atoms with Gasteiger partial charge in [-0.05, 0) is 55.6 Å². The minimum Gasteiger partial charge on any atom is -0.352 e. The van der Waals surface area contributed by atoms with Crippen LogP contribution in [0, 0.1) is 11.7 Å². The van der Waals surface area contributed by atoms with Crippen LogP contribution in [0.2, 0.25) is 0 Å². The van der Waals surface area contributed by atoms with Gasteiger partial charge in [-0.15, -0.1) is 0 Å². The number of hydrogen-bond donors (Lipinski definition) is 2. The van der Waals surface area contributed by atoms with Gasteiger partial charge in [0.05, 0.1) is 0 Å². The van der Waals surface area contributed by atoms with E-state index < -0.39 is 0 Å². The molecule has 2 rings (SSSR count). The smallest absolute Gasteiger partial charge is 0.244 e. The Labute approximate surface area is 112 Å². The van der Waals surface area contributed by atoms with Crippen molar-refractivity contribution in [1.29, 1.82) is 0 Å². The summed E-state index contributed by atoms with van der Waals surface area (Å²) >= 11 is 0. The molecule has 3 nitrogen and oxygen atoms in total. The number of nitrogens with one attached hydrogen (secondary N) is 2. The molecule has 0 saturated carbocycles. The van der Waals surface area contributed by atoms with Crippen LogP contribution in [-0.2, 0) is 4.79 Å². The average molecular weight is 262 g/mol. The fourth-order valence-electron chi connectivity index (χ4n) is 2.17. The molecule has 0 bridgehead atoms. The molecule has 1 aromatic carbocycles. The van der Waals surface area contributed by atoms with Crippen LogP contribution in [0.3, 0.4) is 0 Å². The van der Waals surface area contributed by atoms with E-state index in [-0.39, 0.29) is 11.7 Å². The molecule has 1 fully saturated rings. The van der Waals surface area contributed by atoms with Crippen molar-refractivity contribution in [3.8, 4) is 0 Å². The highest BCUT2D eigenvalue weighted by Crippen LogP contribution is 2.10. The summed E-state index contributed by atoms with van der Waals surface area (Å²) in [4.78, 5) is 11.6. The van der Waals surface area contributed by atoms with Gasteiger partial charge >= 0.3 is 0 Å². The second-order valence-electron chi connectivity index (χ2n) is 4.83. The molecular weight excluding hydrogens is 243 g/mol. The van der Waals surface area contributed by atoms with E-state index in [2.05, 4.69) is 10.6 Å². The van der Waals surface area contributed by atoms with E-state index in [4.69, 9.17) is 0 Å². The standard InChI is InChI=1S/C15H19FN2O/c16-14-3-1-2-12(10-14)4-5-15(19)18-11-13-6-8-17-9-7-13/h1-5,10,13,17H,6-9,11H2,(H,18,19)/b5-4+. The molecule has 0 aliphatic carbocycles. The summed E-state index contributed by atoms with van der Waals surface area (Å²) in [6, 6.07) is 6.17. The van der Waals surface area contributed by atoms with E-state index in [0.717, 1.165) is 25.9 Å². The minimum absolute atomic E-state index is 0.122. The van der Waals surface area contributed by atoms with Crippen molar-refractivity contribution in [1.82, 2.24) is 10.6 Å². The summed E-state index contributed by atoms with van der Waals surface area (Å²) in [5.41, 5.74) is 0.692. The van der Waals surface area contributed by atoms with Crippen LogP contribution < -0.4 is 10.6 Å². The van der Waals surface area contributed by atoms with Crippen molar-refractivity contribution in [3.05, 3.63) is 41.7 Å². The van der Waals surface area contributed by atoms with Crippen molar-refractivity contribution < 1.29 is 9.18 Å². The quantitative estimate of drug-likeness (QED) is 0.814. The summed E-state index contributed by atoms with van der Waals surface area (Å²) in [6.45, 7) is 2.77. The Hall–Kier alpha value is -1.68. The first-order chi connectivity index (χ1) is 9.24. The summed E-state index contributed by atoms with van der Waals surface area (Å²) < 4.78 is 12.9. The maximum absolute atomic E-state index is 12.9. The van der Waals surface area contributed by atoms with E-state index in [0.29, 0.717) is 18.0 Å². The molecule has 0 aromatic heterocycles. The largest absolute Gasteiger partial charge is 0.352 e. The van der Waals surface area contributed by atoms with Crippen LogP contribution in [0.4, 0.5) is 4.39 Å². The molecule has 0 spiro atoms. The highest BCUT2D eigenvalue weighted by Gasteiger charge is 2.12. The number of rotatable bonds is 4. The zero-order valence-corrected chi connectivity index (χ0v) is 10.9. The van der Waals surface area contributed by atoms with Gasteiger partial charge in [0, 0.05) is 12.6 Å². The number of carbonyl (C=O) groups excluding carboxylic acids is 1. The van der Waals surface area contributed by atoms with Gasteiger partial charge in [-0.2, -0.15) is 0 Å². The Morgan fingerprint density at radius 3 is 2.95 bits per heavy atom. The number of hydrogen-bond acceptors (Lipinski definition) is 2. The van der Waals surface area contributed by atoms with Gasteiger partial charge in [-0.25, -0.2) is 4.39 Å². The Balaban J connectivity index is 1.77. The summed E-state index contributed by atoms with van der Waals surface area (Å²) in [6.07, 6.45) is 5.29. The Morgan fingerprint density at radius 1 is 1.42 bits per heavy atom. The fourth-order valence-corrected chi connectivity index (χ4v) is 2.17. The van der Waals surface area contributed by atoms with Crippen molar-refractivity contribution in [2.24, 2.45) is 5.92 Å².